The van der Waals surface area contributed by atoms with Crippen LogP contribution in [0.5, 0.6) is 17.2 Å². The molecule has 28 heavy (non-hydrogen) atoms. The number of thiophene rings is 1. The predicted molar refractivity (Wildman–Crippen MR) is 106 cm³/mol. The van der Waals surface area contributed by atoms with Gasteiger partial charge in [-0.2, -0.15) is 0 Å². The van der Waals surface area contributed by atoms with E-state index < -0.39 is 5.97 Å². The average Bonchev–Trinajstić information content (AvgIpc) is 3.25. The molecule has 0 atom stereocenters. The maximum absolute atomic E-state index is 12.5. The number of benzene rings is 2. The molecule has 0 amide bonds. The highest BCUT2D eigenvalue weighted by molar-refractivity contribution is 7.11. The van der Waals surface area contributed by atoms with E-state index >= 15 is 0 Å². The van der Waals surface area contributed by atoms with Crippen molar-refractivity contribution in [2.75, 3.05) is 7.11 Å². The zero-order chi connectivity index (χ0) is 19.7. The molecule has 1 aromatic heterocycles. The molecular weight excluding hydrogens is 376 g/mol. The lowest BCUT2D eigenvalue weighted by Crippen LogP contribution is -2.08. The Labute approximate surface area is 165 Å². The van der Waals surface area contributed by atoms with E-state index in [1.807, 2.05) is 18.4 Å². The van der Waals surface area contributed by atoms with Gasteiger partial charge < -0.3 is 14.2 Å². The molecule has 0 aliphatic carbocycles. The second-order valence-electron chi connectivity index (χ2n) is 6.19. The number of Topliss-reactive ketones (excluding diaryl/α,β-unsaturated/α-hetero) is 1. The van der Waals surface area contributed by atoms with Crippen LogP contribution in [0.3, 0.4) is 0 Å². The van der Waals surface area contributed by atoms with Crippen LogP contribution in [0.2, 0.25) is 0 Å². The average molecular weight is 392 g/mol. The first kappa shape index (κ1) is 18.0. The third-order valence-electron chi connectivity index (χ3n) is 4.32. The lowest BCUT2D eigenvalue weighted by atomic mass is 10.1. The third-order valence-corrected chi connectivity index (χ3v) is 5.29. The van der Waals surface area contributed by atoms with Crippen molar-refractivity contribution in [1.29, 1.82) is 0 Å². The molecule has 0 bridgehead atoms. The van der Waals surface area contributed by atoms with Crippen molar-refractivity contribution in [1.82, 2.24) is 0 Å². The molecule has 4 rings (SSSR count). The van der Waals surface area contributed by atoms with E-state index in [2.05, 4.69) is 0 Å². The Morgan fingerprint density at radius 1 is 1.11 bits per heavy atom. The van der Waals surface area contributed by atoms with Crippen molar-refractivity contribution < 1.29 is 23.8 Å². The molecule has 3 aromatic rings. The second kappa shape index (κ2) is 7.32. The number of rotatable bonds is 4. The Bertz CT molecular complexity index is 1110. The van der Waals surface area contributed by atoms with Gasteiger partial charge in [-0.3, -0.25) is 4.79 Å². The number of allylic oxidation sites excluding steroid dienone is 1. The molecule has 2 heterocycles. The highest BCUT2D eigenvalue weighted by atomic mass is 32.1. The van der Waals surface area contributed by atoms with Gasteiger partial charge in [-0.15, -0.1) is 11.3 Å². The summed E-state index contributed by atoms with van der Waals surface area (Å²) in [6.07, 6.45) is 1.74. The Morgan fingerprint density at radius 3 is 2.71 bits per heavy atom. The molecule has 0 N–H and O–H groups in total. The number of hydrogen-bond acceptors (Lipinski definition) is 6. The SMILES string of the molecule is COc1cccc(C(=O)Oc2ccc3c(c2)OC(=Cc2sccc2C)C3=O)c1. The van der Waals surface area contributed by atoms with E-state index in [0.29, 0.717) is 28.4 Å². The van der Waals surface area contributed by atoms with Crippen molar-refractivity contribution in [2.24, 2.45) is 0 Å². The fraction of sp³-hybridized carbons (Fsp3) is 0.0909. The van der Waals surface area contributed by atoms with Crippen molar-refractivity contribution in [3.05, 3.63) is 81.2 Å². The monoisotopic (exact) mass is 392 g/mol. The summed E-state index contributed by atoms with van der Waals surface area (Å²) in [4.78, 5) is 25.9. The summed E-state index contributed by atoms with van der Waals surface area (Å²) >= 11 is 1.54. The minimum atomic E-state index is -0.520. The predicted octanol–water partition coefficient (Wildman–Crippen LogP) is 4.90. The standard InChI is InChI=1S/C22H16O5S/c1-13-8-9-28-20(13)12-19-21(23)17-7-6-16(11-18(17)27-19)26-22(24)14-4-3-5-15(10-14)25-2/h3-12H,1-2H3. The molecule has 5 nitrogen and oxygen atoms in total. The van der Waals surface area contributed by atoms with Gasteiger partial charge in [-0.25, -0.2) is 4.79 Å². The van der Waals surface area contributed by atoms with E-state index in [4.69, 9.17) is 14.2 Å². The van der Waals surface area contributed by atoms with Crippen LogP contribution in [0, 0.1) is 6.92 Å². The fourth-order valence-electron chi connectivity index (χ4n) is 2.80. The molecule has 1 aliphatic heterocycles. The summed E-state index contributed by atoms with van der Waals surface area (Å²) < 4.78 is 16.3. The molecule has 0 radical (unpaired) electrons. The molecule has 0 unspecified atom stereocenters. The Balaban J connectivity index is 1.55. The molecule has 0 saturated heterocycles. The lowest BCUT2D eigenvalue weighted by molar-refractivity contribution is 0.0734. The first-order valence-electron chi connectivity index (χ1n) is 8.54. The lowest BCUT2D eigenvalue weighted by Gasteiger charge is -2.07. The molecular formula is C22H16O5S. The maximum Gasteiger partial charge on any atom is 0.343 e. The molecule has 1 aliphatic rings. The Hall–Kier alpha value is -3.38. The van der Waals surface area contributed by atoms with Crippen molar-refractivity contribution in [2.45, 2.75) is 6.92 Å². The van der Waals surface area contributed by atoms with Crippen LogP contribution < -0.4 is 14.2 Å². The minimum absolute atomic E-state index is 0.187. The summed E-state index contributed by atoms with van der Waals surface area (Å²) in [6.45, 7) is 1.98. The van der Waals surface area contributed by atoms with Gasteiger partial charge in [0.25, 0.3) is 0 Å². The van der Waals surface area contributed by atoms with E-state index in [0.717, 1.165) is 10.4 Å². The normalized spacial score (nSPS) is 13.9. The summed E-state index contributed by atoms with van der Waals surface area (Å²) in [6, 6.07) is 13.4. The van der Waals surface area contributed by atoms with E-state index in [1.165, 1.54) is 7.11 Å². The van der Waals surface area contributed by atoms with Crippen LogP contribution in [0.15, 0.2) is 59.7 Å². The molecule has 0 saturated carbocycles. The molecule has 2 aromatic carbocycles. The number of aryl methyl sites for hydroxylation is 1. The second-order valence-corrected chi connectivity index (χ2v) is 7.13. The van der Waals surface area contributed by atoms with Gasteiger partial charge in [-0.05, 0) is 54.3 Å². The van der Waals surface area contributed by atoms with Gasteiger partial charge in [-0.1, -0.05) is 6.07 Å². The van der Waals surface area contributed by atoms with Crippen LogP contribution in [0.25, 0.3) is 6.08 Å². The number of methoxy groups -OCH3 is 1. The smallest absolute Gasteiger partial charge is 0.343 e. The summed E-state index contributed by atoms with van der Waals surface area (Å²) in [7, 11) is 1.53. The zero-order valence-corrected chi connectivity index (χ0v) is 16.0. The number of carbonyl (C=O) groups is 2. The number of ether oxygens (including phenoxy) is 3. The largest absolute Gasteiger partial charge is 0.497 e. The van der Waals surface area contributed by atoms with Gasteiger partial charge in [0.2, 0.25) is 5.78 Å². The van der Waals surface area contributed by atoms with Crippen LogP contribution >= 0.6 is 11.3 Å². The Morgan fingerprint density at radius 2 is 1.96 bits per heavy atom. The molecule has 140 valence electrons. The minimum Gasteiger partial charge on any atom is -0.497 e. The first-order chi connectivity index (χ1) is 13.5. The van der Waals surface area contributed by atoms with E-state index in [9.17, 15) is 9.59 Å². The topological polar surface area (TPSA) is 61.8 Å². The zero-order valence-electron chi connectivity index (χ0n) is 15.2. The maximum atomic E-state index is 12.5. The number of esters is 1. The van der Waals surface area contributed by atoms with Crippen molar-refractivity contribution in [3.63, 3.8) is 0 Å². The van der Waals surface area contributed by atoms with Crippen molar-refractivity contribution in [3.8, 4) is 17.2 Å². The first-order valence-corrected chi connectivity index (χ1v) is 9.42. The highest BCUT2D eigenvalue weighted by Crippen LogP contribution is 2.35. The van der Waals surface area contributed by atoms with Crippen molar-refractivity contribution >= 4 is 29.2 Å². The van der Waals surface area contributed by atoms with Crippen LogP contribution in [-0.4, -0.2) is 18.9 Å². The van der Waals surface area contributed by atoms with Gasteiger partial charge in [0, 0.05) is 17.0 Å². The number of fused-ring (bicyclic) bond motifs is 1. The van der Waals surface area contributed by atoms with Crippen LogP contribution in [-0.2, 0) is 0 Å². The highest BCUT2D eigenvalue weighted by Gasteiger charge is 2.28. The molecule has 0 spiro atoms. The van der Waals surface area contributed by atoms with Crippen LogP contribution in [0.4, 0.5) is 0 Å². The number of ketones is 1. The molecule has 0 fully saturated rings. The van der Waals surface area contributed by atoms with Crippen LogP contribution in [0.1, 0.15) is 31.2 Å². The van der Waals surface area contributed by atoms with E-state index in [-0.39, 0.29) is 11.5 Å². The van der Waals surface area contributed by atoms with Gasteiger partial charge in [0.1, 0.15) is 17.2 Å². The van der Waals surface area contributed by atoms with Gasteiger partial charge >= 0.3 is 5.97 Å². The third kappa shape index (κ3) is 3.42. The summed E-state index contributed by atoms with van der Waals surface area (Å²) in [5.41, 5.74) is 1.89. The number of carbonyl (C=O) groups excluding carboxylic acids is 2. The molecule has 6 heteroatoms. The fourth-order valence-corrected chi connectivity index (χ4v) is 3.65. The summed E-state index contributed by atoms with van der Waals surface area (Å²) in [5.74, 6) is 0.795. The number of hydrogen-bond donors (Lipinski definition) is 0. The Kier molecular flexibility index (Phi) is 4.71. The van der Waals surface area contributed by atoms with Gasteiger partial charge in [0.15, 0.2) is 5.76 Å². The van der Waals surface area contributed by atoms with Gasteiger partial charge in [0.05, 0.1) is 18.2 Å². The summed E-state index contributed by atoms with van der Waals surface area (Å²) in [5, 5.41) is 1.96. The van der Waals surface area contributed by atoms with E-state index in [1.54, 1.807) is 59.9 Å². The quantitative estimate of drug-likeness (QED) is 0.359.